The zero-order chi connectivity index (χ0) is 13.2. The number of benzene rings is 1. The van der Waals surface area contributed by atoms with E-state index in [1.807, 2.05) is 0 Å². The smallest absolute Gasteiger partial charge is 0.242 e. The number of hydrogen-bond donors (Lipinski definition) is 2. The highest BCUT2D eigenvalue weighted by atomic mass is 35.5. The van der Waals surface area contributed by atoms with Gasteiger partial charge in [-0.3, -0.25) is 5.10 Å². The van der Waals surface area contributed by atoms with Gasteiger partial charge in [-0.2, -0.15) is 5.10 Å². The molecule has 0 unspecified atom stereocenters. The Kier molecular flexibility index (Phi) is 3.86. The molecule has 2 aromatic rings. The molecule has 0 amide bonds. The van der Waals surface area contributed by atoms with Gasteiger partial charge in [-0.05, 0) is 12.1 Å². The minimum atomic E-state index is -3.74. The quantitative estimate of drug-likeness (QED) is 0.898. The number of sulfonamides is 1. The average Bonchev–Trinajstić information content (AvgIpc) is 2.83. The van der Waals surface area contributed by atoms with E-state index in [1.54, 1.807) is 0 Å². The van der Waals surface area contributed by atoms with Gasteiger partial charge in [-0.25, -0.2) is 18.1 Å². The lowest BCUT2D eigenvalue weighted by Crippen LogP contribution is -2.24. The van der Waals surface area contributed by atoms with Gasteiger partial charge in [0.2, 0.25) is 10.0 Å². The Bertz CT molecular complexity index is 643. The van der Waals surface area contributed by atoms with Gasteiger partial charge in [-0.15, -0.1) is 0 Å². The highest BCUT2D eigenvalue weighted by molar-refractivity contribution is 7.89. The fraction of sp³-hybridized carbons (Fsp3) is 0.111. The predicted molar refractivity (Wildman–Crippen MR) is 66.9 cm³/mol. The van der Waals surface area contributed by atoms with E-state index in [0.717, 1.165) is 0 Å². The van der Waals surface area contributed by atoms with Crippen LogP contribution < -0.4 is 4.72 Å². The second-order valence-electron chi connectivity index (χ2n) is 3.31. The monoisotopic (exact) mass is 306 g/mol. The fourth-order valence-electron chi connectivity index (χ4n) is 1.25. The van der Waals surface area contributed by atoms with Gasteiger partial charge in [0.15, 0.2) is 0 Å². The summed E-state index contributed by atoms with van der Waals surface area (Å²) in [5, 5.41) is 6.32. The van der Waals surface area contributed by atoms with Crippen LogP contribution in [0.3, 0.4) is 0 Å². The Morgan fingerprint density at radius 1 is 1.33 bits per heavy atom. The van der Waals surface area contributed by atoms with E-state index >= 15 is 0 Å². The van der Waals surface area contributed by atoms with Crippen LogP contribution in [0.15, 0.2) is 29.4 Å². The molecule has 0 saturated heterocycles. The maximum Gasteiger partial charge on any atom is 0.242 e. The van der Waals surface area contributed by atoms with Gasteiger partial charge in [0, 0.05) is 0 Å². The third-order valence-corrected chi connectivity index (χ3v) is 4.47. The summed E-state index contributed by atoms with van der Waals surface area (Å²) < 4.78 is 26.3. The van der Waals surface area contributed by atoms with Crippen molar-refractivity contribution in [1.82, 2.24) is 19.9 Å². The Balaban J connectivity index is 2.23. The van der Waals surface area contributed by atoms with Crippen molar-refractivity contribution in [2.24, 2.45) is 0 Å². The van der Waals surface area contributed by atoms with Crippen molar-refractivity contribution in [2.45, 2.75) is 11.4 Å². The van der Waals surface area contributed by atoms with E-state index in [2.05, 4.69) is 19.9 Å². The summed E-state index contributed by atoms with van der Waals surface area (Å²) in [5.74, 6) is 0.400. The molecular weight excluding hydrogens is 299 g/mol. The first kappa shape index (κ1) is 13.3. The van der Waals surface area contributed by atoms with Crippen molar-refractivity contribution >= 4 is 33.2 Å². The highest BCUT2D eigenvalue weighted by Crippen LogP contribution is 2.28. The average molecular weight is 307 g/mol. The van der Waals surface area contributed by atoms with E-state index < -0.39 is 10.0 Å². The van der Waals surface area contributed by atoms with Crippen LogP contribution in [0.5, 0.6) is 0 Å². The summed E-state index contributed by atoms with van der Waals surface area (Å²) in [6.45, 7) is -0.00875. The van der Waals surface area contributed by atoms with E-state index in [9.17, 15) is 8.42 Å². The van der Waals surface area contributed by atoms with E-state index in [4.69, 9.17) is 23.2 Å². The third kappa shape index (κ3) is 2.81. The predicted octanol–water partition coefficient (Wildman–Crippen LogP) is 1.59. The van der Waals surface area contributed by atoms with Crippen molar-refractivity contribution in [1.29, 1.82) is 0 Å². The molecule has 0 aliphatic heterocycles. The van der Waals surface area contributed by atoms with Gasteiger partial charge >= 0.3 is 0 Å². The molecule has 1 heterocycles. The molecule has 96 valence electrons. The maximum absolute atomic E-state index is 12.0. The van der Waals surface area contributed by atoms with Gasteiger partial charge in [0.25, 0.3) is 0 Å². The van der Waals surface area contributed by atoms with Gasteiger partial charge in [0.05, 0.1) is 16.6 Å². The van der Waals surface area contributed by atoms with E-state index in [-0.39, 0.29) is 21.5 Å². The molecule has 2 N–H and O–H groups in total. The summed E-state index contributed by atoms with van der Waals surface area (Å²) in [4.78, 5) is 3.73. The molecule has 0 aliphatic carbocycles. The fourth-order valence-corrected chi connectivity index (χ4v) is 3.00. The third-order valence-electron chi connectivity index (χ3n) is 2.10. The second-order valence-corrected chi connectivity index (χ2v) is 5.83. The van der Waals surface area contributed by atoms with Gasteiger partial charge < -0.3 is 0 Å². The number of nitrogens with one attached hydrogen (secondary N) is 2. The van der Waals surface area contributed by atoms with E-state index in [1.165, 1.54) is 24.5 Å². The SMILES string of the molecule is O=S(=O)(NCc1ncn[nH]1)c1cccc(Cl)c1Cl. The summed E-state index contributed by atoms with van der Waals surface area (Å²) in [6.07, 6.45) is 1.29. The number of hydrogen-bond acceptors (Lipinski definition) is 4. The number of nitrogens with zero attached hydrogens (tertiary/aromatic N) is 2. The highest BCUT2D eigenvalue weighted by Gasteiger charge is 2.19. The molecule has 2 rings (SSSR count). The van der Waals surface area contributed by atoms with Crippen molar-refractivity contribution in [3.05, 3.63) is 40.4 Å². The van der Waals surface area contributed by atoms with Gasteiger partial charge in [0.1, 0.15) is 17.0 Å². The van der Waals surface area contributed by atoms with Crippen molar-refractivity contribution in [3.63, 3.8) is 0 Å². The molecule has 6 nitrogen and oxygen atoms in total. The molecule has 0 bridgehead atoms. The van der Waals surface area contributed by atoms with Crippen molar-refractivity contribution in [3.8, 4) is 0 Å². The van der Waals surface area contributed by atoms with Crippen LogP contribution >= 0.6 is 23.2 Å². The number of aromatic amines is 1. The molecule has 0 fully saturated rings. The summed E-state index contributed by atoms with van der Waals surface area (Å²) in [5.41, 5.74) is 0. The number of H-pyrrole nitrogens is 1. The number of aromatic nitrogens is 3. The number of halogens is 2. The summed E-state index contributed by atoms with van der Waals surface area (Å²) in [6, 6.07) is 4.40. The molecule has 0 aliphatic rings. The lowest BCUT2D eigenvalue weighted by Gasteiger charge is -2.07. The largest absolute Gasteiger partial charge is 0.262 e. The van der Waals surface area contributed by atoms with Crippen molar-refractivity contribution in [2.75, 3.05) is 0 Å². The summed E-state index contributed by atoms with van der Waals surface area (Å²) in [7, 11) is -3.74. The molecule has 1 aromatic carbocycles. The zero-order valence-corrected chi connectivity index (χ0v) is 11.2. The molecule has 0 spiro atoms. The van der Waals surface area contributed by atoms with Crippen LogP contribution in [0, 0.1) is 0 Å². The zero-order valence-electron chi connectivity index (χ0n) is 8.89. The number of rotatable bonds is 4. The van der Waals surface area contributed by atoms with E-state index in [0.29, 0.717) is 5.82 Å². The Morgan fingerprint density at radius 3 is 2.78 bits per heavy atom. The van der Waals surface area contributed by atoms with Crippen LogP contribution in [0.4, 0.5) is 0 Å². The summed E-state index contributed by atoms with van der Waals surface area (Å²) >= 11 is 11.6. The van der Waals surface area contributed by atoms with Crippen LogP contribution in [-0.4, -0.2) is 23.6 Å². The molecule has 18 heavy (non-hydrogen) atoms. The van der Waals surface area contributed by atoms with Crippen molar-refractivity contribution < 1.29 is 8.42 Å². The lowest BCUT2D eigenvalue weighted by molar-refractivity contribution is 0.579. The van der Waals surface area contributed by atoms with Crippen LogP contribution in [0.25, 0.3) is 0 Å². The minimum Gasteiger partial charge on any atom is -0.262 e. The molecule has 9 heteroatoms. The maximum atomic E-state index is 12.0. The van der Waals surface area contributed by atoms with Crippen LogP contribution in [0.2, 0.25) is 10.0 Å². The Labute approximate surface area is 113 Å². The second kappa shape index (κ2) is 5.23. The first-order chi connectivity index (χ1) is 8.50. The topological polar surface area (TPSA) is 87.7 Å². The standard InChI is InChI=1S/C9H8Cl2N4O2S/c10-6-2-1-3-7(9(6)11)18(16,17)14-4-8-12-5-13-15-8/h1-3,5,14H,4H2,(H,12,13,15). The normalized spacial score (nSPS) is 11.7. The minimum absolute atomic E-state index is 0.00875. The molecule has 0 saturated carbocycles. The first-order valence-corrected chi connectivity index (χ1v) is 7.02. The van der Waals surface area contributed by atoms with Crippen LogP contribution in [-0.2, 0) is 16.6 Å². The molecular formula is C9H8Cl2N4O2S. The lowest BCUT2D eigenvalue weighted by atomic mass is 10.4. The molecule has 1 aromatic heterocycles. The van der Waals surface area contributed by atoms with Crippen LogP contribution in [0.1, 0.15) is 5.82 Å². The van der Waals surface area contributed by atoms with Gasteiger partial charge in [-0.1, -0.05) is 29.3 Å². The molecule has 0 atom stereocenters. The Morgan fingerprint density at radius 2 is 2.11 bits per heavy atom. The molecule has 0 radical (unpaired) electrons. The Hall–Kier alpha value is -1.15. The first-order valence-electron chi connectivity index (χ1n) is 4.78.